The van der Waals surface area contributed by atoms with Gasteiger partial charge in [0.15, 0.2) is 5.11 Å². The number of alkyl halides is 3. The Labute approximate surface area is 133 Å². The first-order chi connectivity index (χ1) is 9.84. The summed E-state index contributed by atoms with van der Waals surface area (Å²) in [4.78, 5) is 0. The van der Waals surface area contributed by atoms with Gasteiger partial charge in [-0.2, -0.15) is 13.2 Å². The molecule has 0 atom stereocenters. The molecule has 0 heterocycles. The van der Waals surface area contributed by atoms with Crippen molar-refractivity contribution in [1.29, 1.82) is 0 Å². The van der Waals surface area contributed by atoms with Crippen molar-refractivity contribution in [2.24, 2.45) is 0 Å². The minimum Gasteiger partial charge on any atom is -0.332 e. The van der Waals surface area contributed by atoms with E-state index in [9.17, 15) is 13.2 Å². The third-order valence-electron chi connectivity index (χ3n) is 2.57. The van der Waals surface area contributed by atoms with E-state index >= 15 is 0 Å². The minimum atomic E-state index is -4.34. The van der Waals surface area contributed by atoms with Gasteiger partial charge in [0.25, 0.3) is 0 Å². The van der Waals surface area contributed by atoms with Crippen LogP contribution in [-0.4, -0.2) is 5.11 Å². The Kier molecular flexibility index (Phi) is 4.84. The van der Waals surface area contributed by atoms with Crippen LogP contribution in [0.5, 0.6) is 0 Å². The van der Waals surface area contributed by atoms with Crippen LogP contribution in [0.4, 0.5) is 24.5 Å². The van der Waals surface area contributed by atoms with Crippen molar-refractivity contribution in [2.45, 2.75) is 6.18 Å². The second kappa shape index (κ2) is 6.44. The lowest BCUT2D eigenvalue weighted by atomic mass is 10.2. The second-order valence-electron chi connectivity index (χ2n) is 4.16. The smallest absolute Gasteiger partial charge is 0.332 e. The van der Waals surface area contributed by atoms with Gasteiger partial charge in [-0.15, -0.1) is 0 Å². The largest absolute Gasteiger partial charge is 0.416 e. The average Bonchev–Trinajstić information content (AvgIpc) is 2.41. The van der Waals surface area contributed by atoms with Gasteiger partial charge in [0.1, 0.15) is 0 Å². The van der Waals surface area contributed by atoms with E-state index in [2.05, 4.69) is 26.6 Å². The summed E-state index contributed by atoms with van der Waals surface area (Å²) in [5.41, 5.74) is 0.570. The first-order valence-corrected chi connectivity index (χ1v) is 7.05. The minimum absolute atomic E-state index is 0.303. The Morgan fingerprint density at radius 2 is 1.29 bits per heavy atom. The summed E-state index contributed by atoms with van der Waals surface area (Å²) in [6, 6.07) is 12.0. The predicted octanol–water partition coefficient (Wildman–Crippen LogP) is 5.28. The quantitative estimate of drug-likeness (QED) is 0.699. The molecular weight excluding hydrogens is 365 g/mol. The number of hydrogen-bond donors (Lipinski definition) is 2. The number of anilines is 2. The van der Waals surface area contributed by atoms with Gasteiger partial charge in [-0.1, -0.05) is 15.9 Å². The van der Waals surface area contributed by atoms with Gasteiger partial charge in [-0.3, -0.25) is 0 Å². The first-order valence-electron chi connectivity index (χ1n) is 5.85. The monoisotopic (exact) mass is 374 g/mol. The van der Waals surface area contributed by atoms with Crippen LogP contribution in [0, 0.1) is 0 Å². The predicted molar refractivity (Wildman–Crippen MR) is 85.4 cm³/mol. The Hall–Kier alpha value is -1.60. The zero-order valence-corrected chi connectivity index (χ0v) is 12.9. The Balaban J connectivity index is 1.98. The number of thiocarbonyl (C=S) groups is 1. The van der Waals surface area contributed by atoms with E-state index in [0.717, 1.165) is 22.3 Å². The maximum Gasteiger partial charge on any atom is 0.416 e. The maximum absolute atomic E-state index is 12.4. The zero-order chi connectivity index (χ0) is 15.5. The van der Waals surface area contributed by atoms with Crippen LogP contribution in [0.25, 0.3) is 0 Å². The van der Waals surface area contributed by atoms with Gasteiger partial charge in [0.2, 0.25) is 0 Å². The molecule has 0 aromatic heterocycles. The molecule has 0 aliphatic carbocycles. The summed E-state index contributed by atoms with van der Waals surface area (Å²) in [5, 5.41) is 6.07. The summed E-state index contributed by atoms with van der Waals surface area (Å²) >= 11 is 8.42. The van der Waals surface area contributed by atoms with Crippen molar-refractivity contribution in [1.82, 2.24) is 0 Å². The highest BCUT2D eigenvalue weighted by atomic mass is 79.9. The van der Waals surface area contributed by atoms with Crippen LogP contribution in [-0.2, 0) is 6.18 Å². The molecule has 7 heteroatoms. The molecule has 2 N–H and O–H groups in total. The fourth-order valence-corrected chi connectivity index (χ4v) is 2.07. The number of nitrogens with one attached hydrogen (secondary N) is 2. The molecule has 0 amide bonds. The highest BCUT2D eigenvalue weighted by Crippen LogP contribution is 2.29. The normalized spacial score (nSPS) is 11.0. The molecule has 21 heavy (non-hydrogen) atoms. The molecule has 0 spiro atoms. The van der Waals surface area contributed by atoms with E-state index < -0.39 is 11.7 Å². The number of benzene rings is 2. The molecule has 0 fully saturated rings. The van der Waals surface area contributed by atoms with E-state index in [1.54, 1.807) is 0 Å². The van der Waals surface area contributed by atoms with Crippen LogP contribution in [0.15, 0.2) is 53.0 Å². The topological polar surface area (TPSA) is 24.1 Å². The molecule has 110 valence electrons. The van der Waals surface area contributed by atoms with Crippen molar-refractivity contribution >= 4 is 44.6 Å². The van der Waals surface area contributed by atoms with Crippen molar-refractivity contribution in [2.75, 3.05) is 10.6 Å². The molecule has 0 bridgehead atoms. The second-order valence-corrected chi connectivity index (χ2v) is 5.49. The van der Waals surface area contributed by atoms with Crippen LogP contribution < -0.4 is 10.6 Å². The third-order valence-corrected chi connectivity index (χ3v) is 3.30. The molecule has 0 aliphatic heterocycles. The lowest BCUT2D eigenvalue weighted by Crippen LogP contribution is -2.19. The Morgan fingerprint density at radius 1 is 0.857 bits per heavy atom. The number of hydrogen-bond acceptors (Lipinski definition) is 1. The average molecular weight is 375 g/mol. The van der Waals surface area contributed by atoms with Gasteiger partial charge >= 0.3 is 6.18 Å². The summed E-state index contributed by atoms with van der Waals surface area (Å²) in [5.74, 6) is 0. The molecule has 0 saturated carbocycles. The highest BCUT2D eigenvalue weighted by molar-refractivity contribution is 9.10. The molecule has 2 rings (SSSR count). The van der Waals surface area contributed by atoms with Crippen LogP contribution in [0.3, 0.4) is 0 Å². The Morgan fingerprint density at radius 3 is 1.71 bits per heavy atom. The van der Waals surface area contributed by atoms with Gasteiger partial charge in [-0.25, -0.2) is 0 Å². The standard InChI is InChI=1S/C14H10BrF3N2S/c15-10-3-7-12(8-4-10)20-13(21)19-11-5-1-9(2-6-11)14(16,17)18/h1-8H,(H2,19,20,21). The highest BCUT2D eigenvalue weighted by Gasteiger charge is 2.29. The SMILES string of the molecule is FC(F)(F)c1ccc(NC(=S)Nc2ccc(Br)cc2)cc1. The lowest BCUT2D eigenvalue weighted by Gasteiger charge is -2.12. The lowest BCUT2D eigenvalue weighted by molar-refractivity contribution is -0.137. The first kappa shape index (κ1) is 15.8. The van der Waals surface area contributed by atoms with E-state index in [1.165, 1.54) is 12.1 Å². The molecule has 0 radical (unpaired) electrons. The summed E-state index contributed by atoms with van der Waals surface area (Å²) in [7, 11) is 0. The molecule has 2 aromatic rings. The molecule has 0 saturated heterocycles. The van der Waals surface area contributed by atoms with E-state index in [1.807, 2.05) is 24.3 Å². The molecular formula is C14H10BrF3N2S. The fraction of sp³-hybridized carbons (Fsp3) is 0.0714. The third kappa shape index (κ3) is 4.71. The van der Waals surface area contributed by atoms with Crippen LogP contribution in [0.2, 0.25) is 0 Å². The number of halogens is 4. The van der Waals surface area contributed by atoms with Crippen molar-refractivity contribution < 1.29 is 13.2 Å². The molecule has 0 unspecified atom stereocenters. The summed E-state index contributed by atoms with van der Waals surface area (Å²) in [6.07, 6.45) is -4.34. The van der Waals surface area contributed by atoms with Gasteiger partial charge < -0.3 is 10.6 Å². The van der Waals surface area contributed by atoms with Gasteiger partial charge in [0.05, 0.1) is 5.56 Å². The fourth-order valence-electron chi connectivity index (χ4n) is 1.57. The number of rotatable bonds is 2. The molecule has 0 aliphatic rings. The van der Waals surface area contributed by atoms with Crippen molar-refractivity contribution in [3.63, 3.8) is 0 Å². The Bertz CT molecular complexity index is 624. The zero-order valence-electron chi connectivity index (χ0n) is 10.5. The van der Waals surface area contributed by atoms with Crippen LogP contribution >= 0.6 is 28.1 Å². The van der Waals surface area contributed by atoms with Crippen molar-refractivity contribution in [3.8, 4) is 0 Å². The van der Waals surface area contributed by atoms with Gasteiger partial charge in [0, 0.05) is 15.8 Å². The van der Waals surface area contributed by atoms with Crippen molar-refractivity contribution in [3.05, 3.63) is 58.6 Å². The summed E-state index contributed by atoms with van der Waals surface area (Å²) < 4.78 is 38.3. The van der Waals surface area contributed by atoms with E-state index in [4.69, 9.17) is 12.2 Å². The molecule has 2 aromatic carbocycles. The maximum atomic E-state index is 12.4. The molecule has 2 nitrogen and oxygen atoms in total. The van der Waals surface area contributed by atoms with Crippen LogP contribution in [0.1, 0.15) is 5.56 Å². The van der Waals surface area contributed by atoms with E-state index in [0.29, 0.717) is 10.8 Å². The van der Waals surface area contributed by atoms with E-state index in [-0.39, 0.29) is 0 Å². The summed E-state index contributed by atoms with van der Waals surface area (Å²) in [6.45, 7) is 0. The van der Waals surface area contributed by atoms with Gasteiger partial charge in [-0.05, 0) is 60.7 Å².